The van der Waals surface area contributed by atoms with Crippen LogP contribution in [0.2, 0.25) is 10.2 Å². The van der Waals surface area contributed by atoms with Crippen LogP contribution in [0.3, 0.4) is 0 Å². The highest BCUT2D eigenvalue weighted by molar-refractivity contribution is 7.89. The van der Waals surface area contributed by atoms with E-state index in [9.17, 15) is 8.42 Å². The number of hydrogen-bond acceptors (Lipinski definition) is 5. The third kappa shape index (κ3) is 5.71. The summed E-state index contributed by atoms with van der Waals surface area (Å²) in [6, 6.07) is 12.0. The average Bonchev–Trinajstić information content (AvgIpc) is 3.03. The summed E-state index contributed by atoms with van der Waals surface area (Å²) in [6.45, 7) is 3.65. The predicted octanol–water partition coefficient (Wildman–Crippen LogP) is 4.37. The summed E-state index contributed by atoms with van der Waals surface area (Å²) < 4.78 is 27.5. The highest BCUT2D eigenvalue weighted by Gasteiger charge is 2.18. The Morgan fingerprint density at radius 1 is 1.18 bits per heavy atom. The van der Waals surface area contributed by atoms with Crippen LogP contribution >= 0.6 is 35.4 Å². The molecule has 0 aliphatic rings. The fraction of sp³-hybridized carbons (Fsp3) is 0.190. The Bertz CT molecular complexity index is 1340. The van der Waals surface area contributed by atoms with Crippen molar-refractivity contribution in [3.8, 4) is 5.69 Å². The summed E-state index contributed by atoms with van der Waals surface area (Å²) in [6.07, 6.45) is 1.51. The molecule has 0 amide bonds. The van der Waals surface area contributed by atoms with E-state index >= 15 is 0 Å². The second-order valence-corrected chi connectivity index (χ2v) is 10.6. The topological polar surface area (TPSA) is 91.6 Å². The molecule has 0 unspecified atom stereocenters. The van der Waals surface area contributed by atoms with Gasteiger partial charge in [-0.1, -0.05) is 35.3 Å². The first-order valence-corrected chi connectivity index (χ1v) is 12.3. The lowest BCUT2D eigenvalue weighted by atomic mass is 10.2. The first-order valence-electron chi connectivity index (χ1n) is 9.65. The van der Waals surface area contributed by atoms with E-state index in [0.717, 1.165) is 15.6 Å². The summed E-state index contributed by atoms with van der Waals surface area (Å²) in [5.74, 6) is 0. The van der Waals surface area contributed by atoms with Crippen LogP contribution < -0.4 is 10.7 Å². The van der Waals surface area contributed by atoms with E-state index in [1.54, 1.807) is 28.9 Å². The van der Waals surface area contributed by atoms with Gasteiger partial charge in [-0.15, -0.1) is 0 Å². The Labute approximate surface area is 208 Å². The van der Waals surface area contributed by atoms with E-state index in [2.05, 4.69) is 20.9 Å². The number of hydrogen-bond donors (Lipinski definition) is 2. The van der Waals surface area contributed by atoms with Crippen molar-refractivity contribution in [1.82, 2.24) is 19.5 Å². The van der Waals surface area contributed by atoms with Gasteiger partial charge in [0, 0.05) is 24.8 Å². The van der Waals surface area contributed by atoms with Gasteiger partial charge >= 0.3 is 0 Å². The molecule has 3 aromatic rings. The molecule has 0 aliphatic heterocycles. The van der Waals surface area contributed by atoms with Crippen LogP contribution in [0.25, 0.3) is 5.69 Å². The van der Waals surface area contributed by atoms with E-state index in [1.807, 2.05) is 26.0 Å². The highest BCUT2D eigenvalue weighted by atomic mass is 35.5. The Hall–Kier alpha value is -2.50. The number of nitrogens with one attached hydrogen (secondary N) is 2. The second-order valence-electron chi connectivity index (χ2n) is 7.27. The molecule has 0 spiro atoms. The van der Waals surface area contributed by atoms with Crippen molar-refractivity contribution in [2.75, 3.05) is 19.4 Å². The van der Waals surface area contributed by atoms with E-state index < -0.39 is 10.0 Å². The first kappa shape index (κ1) is 25.1. The third-order valence-electron chi connectivity index (χ3n) is 4.70. The average molecular weight is 525 g/mol. The van der Waals surface area contributed by atoms with Crippen molar-refractivity contribution in [1.29, 1.82) is 0 Å². The smallest absolute Gasteiger partial charge is 0.242 e. The van der Waals surface area contributed by atoms with Gasteiger partial charge < -0.3 is 5.32 Å². The first-order chi connectivity index (χ1) is 15.5. The van der Waals surface area contributed by atoms with Crippen molar-refractivity contribution in [2.24, 2.45) is 5.10 Å². The van der Waals surface area contributed by atoms with Crippen LogP contribution in [0.5, 0.6) is 0 Å². The molecule has 33 heavy (non-hydrogen) atoms. The monoisotopic (exact) mass is 524 g/mol. The number of hydrazone groups is 1. The quantitative estimate of drug-likeness (QED) is 0.282. The minimum Gasteiger partial charge on any atom is -0.331 e. The number of anilines is 1. The fourth-order valence-corrected chi connectivity index (χ4v) is 4.45. The zero-order valence-corrected chi connectivity index (χ0v) is 21.4. The van der Waals surface area contributed by atoms with E-state index in [4.69, 9.17) is 35.4 Å². The minimum atomic E-state index is -3.57. The molecule has 0 bridgehead atoms. The number of thiocarbonyl (C=S) groups is 1. The molecule has 0 radical (unpaired) electrons. The van der Waals surface area contributed by atoms with E-state index in [0.29, 0.717) is 27.1 Å². The van der Waals surface area contributed by atoms with Gasteiger partial charge in [0.25, 0.3) is 0 Å². The van der Waals surface area contributed by atoms with Gasteiger partial charge in [-0.05, 0) is 62.0 Å². The molecule has 174 valence electrons. The Balaban J connectivity index is 1.74. The third-order valence-corrected chi connectivity index (χ3v) is 7.30. The van der Waals surface area contributed by atoms with Gasteiger partial charge in [0.2, 0.25) is 10.0 Å². The van der Waals surface area contributed by atoms with Gasteiger partial charge in [0.05, 0.1) is 28.1 Å². The molecular weight excluding hydrogens is 503 g/mol. The second kappa shape index (κ2) is 10.2. The summed E-state index contributed by atoms with van der Waals surface area (Å²) in [4.78, 5) is 0.155. The molecule has 0 aliphatic carbocycles. The molecule has 12 heteroatoms. The molecule has 8 nitrogen and oxygen atoms in total. The van der Waals surface area contributed by atoms with Crippen molar-refractivity contribution < 1.29 is 8.42 Å². The maximum Gasteiger partial charge on any atom is 0.242 e. The number of rotatable bonds is 6. The standard InChI is InChI=1S/C21H22Cl2N6O2S2/c1-13-8-9-17(33(30,31)28(3)4)11-19(13)25-21(32)26-24-12-18-14(2)27-29(20(18)23)16-7-5-6-15(22)10-16/h5-12H,1-4H3,(H2,25,26,32). The minimum absolute atomic E-state index is 0.155. The highest BCUT2D eigenvalue weighted by Crippen LogP contribution is 2.24. The van der Waals surface area contributed by atoms with Gasteiger partial charge in [-0.2, -0.15) is 10.2 Å². The summed E-state index contributed by atoms with van der Waals surface area (Å²) >= 11 is 17.9. The number of aryl methyl sites for hydroxylation is 2. The molecular formula is C21H22Cl2N6O2S2. The van der Waals surface area contributed by atoms with Crippen LogP contribution in [-0.2, 0) is 10.0 Å². The molecule has 0 atom stereocenters. The maximum absolute atomic E-state index is 12.4. The predicted molar refractivity (Wildman–Crippen MR) is 137 cm³/mol. The summed E-state index contributed by atoms with van der Waals surface area (Å²) in [5.41, 5.74) is 6.09. The molecule has 2 aromatic carbocycles. The molecule has 1 aromatic heterocycles. The molecule has 0 fully saturated rings. The lowest BCUT2D eigenvalue weighted by Crippen LogP contribution is -2.25. The molecule has 0 saturated carbocycles. The normalized spacial score (nSPS) is 11.8. The molecule has 0 saturated heterocycles. The Morgan fingerprint density at radius 3 is 2.58 bits per heavy atom. The summed E-state index contributed by atoms with van der Waals surface area (Å²) in [7, 11) is -0.616. The van der Waals surface area contributed by atoms with Crippen LogP contribution in [0.15, 0.2) is 52.5 Å². The molecule has 3 rings (SSSR count). The lowest BCUT2D eigenvalue weighted by Gasteiger charge is -2.15. The van der Waals surface area contributed by atoms with Crippen LogP contribution in [0.4, 0.5) is 5.69 Å². The maximum atomic E-state index is 12.4. The van der Waals surface area contributed by atoms with Crippen LogP contribution in [0, 0.1) is 13.8 Å². The van der Waals surface area contributed by atoms with Crippen molar-refractivity contribution >= 4 is 62.5 Å². The zero-order chi connectivity index (χ0) is 24.3. The van der Waals surface area contributed by atoms with Gasteiger partial charge in [-0.3, -0.25) is 5.43 Å². The number of nitrogens with zero attached hydrogens (tertiary/aromatic N) is 4. The lowest BCUT2D eigenvalue weighted by molar-refractivity contribution is 0.521. The van der Waals surface area contributed by atoms with E-state index in [-0.39, 0.29) is 10.0 Å². The SMILES string of the molecule is Cc1ccc(S(=O)(=O)N(C)C)cc1NC(=S)NN=Cc1c(C)nn(-c2cccc(Cl)c2)c1Cl. The number of halogens is 2. The molecule has 1 heterocycles. The zero-order valence-electron chi connectivity index (χ0n) is 18.3. The summed E-state index contributed by atoms with van der Waals surface area (Å²) in [5, 5.41) is 12.7. The number of benzene rings is 2. The van der Waals surface area contributed by atoms with Crippen molar-refractivity contribution in [3.05, 3.63) is 69.5 Å². The number of sulfonamides is 1. The Kier molecular flexibility index (Phi) is 7.76. The van der Waals surface area contributed by atoms with Crippen LogP contribution in [-0.4, -0.2) is 47.9 Å². The van der Waals surface area contributed by atoms with Gasteiger partial charge in [0.1, 0.15) is 5.15 Å². The number of aromatic nitrogens is 2. The van der Waals surface area contributed by atoms with Crippen molar-refractivity contribution in [3.63, 3.8) is 0 Å². The largest absolute Gasteiger partial charge is 0.331 e. The fourth-order valence-electron chi connectivity index (χ4n) is 2.85. The van der Waals surface area contributed by atoms with Gasteiger partial charge in [-0.25, -0.2) is 17.4 Å². The van der Waals surface area contributed by atoms with E-state index in [1.165, 1.54) is 26.4 Å². The van der Waals surface area contributed by atoms with Crippen LogP contribution in [0.1, 0.15) is 16.8 Å². The van der Waals surface area contributed by atoms with Gasteiger partial charge in [0.15, 0.2) is 5.11 Å². The molecule has 2 N–H and O–H groups in total. The van der Waals surface area contributed by atoms with Crippen molar-refractivity contribution in [2.45, 2.75) is 18.7 Å². The Morgan fingerprint density at radius 2 is 1.91 bits per heavy atom.